The summed E-state index contributed by atoms with van der Waals surface area (Å²) >= 11 is 14.2. The minimum absolute atomic E-state index is 0.0969. The van der Waals surface area contributed by atoms with Gasteiger partial charge in [0.25, 0.3) is 5.56 Å². The molecule has 0 spiro atoms. The maximum Gasteiger partial charge on any atom is 0.262 e. The van der Waals surface area contributed by atoms with Gasteiger partial charge < -0.3 is 25.4 Å². The van der Waals surface area contributed by atoms with Crippen LogP contribution in [-0.4, -0.2) is 59.2 Å². The highest BCUT2D eigenvalue weighted by molar-refractivity contribution is 6.39. The molecular weight excluding hydrogens is 663 g/mol. The van der Waals surface area contributed by atoms with Crippen LogP contribution in [0.4, 0.5) is 0 Å². The molecule has 2 saturated heterocycles. The number of aromatic nitrogens is 3. The van der Waals surface area contributed by atoms with Gasteiger partial charge in [-0.2, -0.15) is 0 Å². The first-order valence-corrected chi connectivity index (χ1v) is 17.1. The van der Waals surface area contributed by atoms with Crippen molar-refractivity contribution in [3.8, 4) is 39.4 Å². The molecule has 49 heavy (non-hydrogen) atoms. The second-order valence-corrected chi connectivity index (χ2v) is 13.0. The molecule has 2 atom stereocenters. The lowest BCUT2D eigenvalue weighted by Gasteiger charge is -2.26. The first-order chi connectivity index (χ1) is 23.9. The Labute approximate surface area is 293 Å². The summed E-state index contributed by atoms with van der Waals surface area (Å²) in [4.78, 5) is 34.0. The Morgan fingerprint density at radius 2 is 1.63 bits per heavy atom. The fourth-order valence-corrected chi connectivity index (χ4v) is 6.92. The minimum Gasteiger partial charge on any atom is -0.481 e. The lowest BCUT2D eigenvalue weighted by atomic mass is 9.97. The SMILES string of the molecule is COc1nc(-c2cccc(-c3cccc(-c4ccn5c(=O)c(CNC[C@H]6CCO6)cnc5c4)c3Cl)c2Cl)ccc1CNC[C@@H]1CCC(=O)N1. The normalized spacial score (nSPS) is 17.2. The van der Waals surface area contributed by atoms with Crippen LogP contribution >= 0.6 is 23.2 Å². The number of benzene rings is 2. The largest absolute Gasteiger partial charge is 0.481 e. The Morgan fingerprint density at radius 3 is 2.35 bits per heavy atom. The monoisotopic (exact) mass is 698 g/mol. The molecule has 0 radical (unpaired) electrons. The van der Waals surface area contributed by atoms with E-state index in [4.69, 9.17) is 37.7 Å². The van der Waals surface area contributed by atoms with Gasteiger partial charge in [-0.1, -0.05) is 65.7 Å². The van der Waals surface area contributed by atoms with Crippen molar-refractivity contribution in [2.45, 2.75) is 44.5 Å². The Kier molecular flexibility index (Phi) is 9.93. The number of carbonyl (C=O) groups is 1. The standard InChI is InChI=1S/C37H36Cl2N6O4/c1-48-36-23(17-40-20-25-9-11-33(46)43-25)8-10-31(44-36)30-7-3-6-29(35(30)39)28-5-2-4-27(34(28)38)22-12-14-45-32(16-22)42-19-24(37(45)47)18-41-21-26-13-15-49-26/h2-8,10,12,14,16,19,25-26,40-41H,9,11,13,15,17-18,20-21H2,1H3,(H,43,46)/t25-,26+/m0/s1. The Morgan fingerprint density at radius 1 is 0.918 bits per heavy atom. The van der Waals surface area contributed by atoms with Gasteiger partial charge in [0.2, 0.25) is 11.8 Å². The number of amides is 1. The van der Waals surface area contributed by atoms with Crippen molar-refractivity contribution < 1.29 is 14.3 Å². The van der Waals surface area contributed by atoms with Crippen molar-refractivity contribution in [2.75, 3.05) is 26.8 Å². The molecule has 0 bridgehead atoms. The zero-order valence-corrected chi connectivity index (χ0v) is 28.5. The Bertz CT molecular complexity index is 2080. The molecule has 2 aromatic carbocycles. The van der Waals surface area contributed by atoms with Crippen LogP contribution in [0.25, 0.3) is 39.2 Å². The third-order valence-corrected chi connectivity index (χ3v) is 9.87. The summed E-state index contributed by atoms with van der Waals surface area (Å²) in [5, 5.41) is 10.7. The second kappa shape index (κ2) is 14.7. The van der Waals surface area contributed by atoms with Crippen LogP contribution in [0.2, 0.25) is 10.0 Å². The van der Waals surface area contributed by atoms with E-state index >= 15 is 0 Å². The number of hydrogen-bond acceptors (Lipinski definition) is 8. The van der Waals surface area contributed by atoms with Crippen LogP contribution in [0.15, 0.2) is 77.9 Å². The molecule has 10 nitrogen and oxygen atoms in total. The van der Waals surface area contributed by atoms with E-state index in [9.17, 15) is 9.59 Å². The van der Waals surface area contributed by atoms with Crippen molar-refractivity contribution >= 4 is 34.8 Å². The van der Waals surface area contributed by atoms with Gasteiger partial charge in [0.05, 0.1) is 29.0 Å². The highest BCUT2D eigenvalue weighted by Gasteiger charge is 2.21. The van der Waals surface area contributed by atoms with E-state index in [2.05, 4.69) is 20.9 Å². The number of rotatable bonds is 12. The first-order valence-electron chi connectivity index (χ1n) is 16.3. The summed E-state index contributed by atoms with van der Waals surface area (Å²) in [5.74, 6) is 0.595. The topological polar surface area (TPSA) is 119 Å². The van der Waals surface area contributed by atoms with Crippen molar-refractivity contribution in [2.24, 2.45) is 0 Å². The number of methoxy groups -OCH3 is 1. The predicted molar refractivity (Wildman–Crippen MR) is 191 cm³/mol. The van der Waals surface area contributed by atoms with Crippen LogP contribution in [0, 0.1) is 0 Å². The average molecular weight is 700 g/mol. The van der Waals surface area contributed by atoms with Gasteiger partial charge in [0.15, 0.2) is 0 Å². The molecule has 3 aromatic heterocycles. The fourth-order valence-electron chi connectivity index (χ4n) is 6.26. The maximum absolute atomic E-state index is 13.2. The number of hydrogen-bond donors (Lipinski definition) is 3. The van der Waals surface area contributed by atoms with Crippen LogP contribution in [0.5, 0.6) is 5.88 Å². The highest BCUT2D eigenvalue weighted by Crippen LogP contribution is 2.42. The van der Waals surface area contributed by atoms with E-state index in [1.54, 1.807) is 23.9 Å². The first kappa shape index (κ1) is 33.2. The molecule has 5 heterocycles. The molecule has 0 saturated carbocycles. The summed E-state index contributed by atoms with van der Waals surface area (Å²) in [6, 6.07) is 19.4. The molecular formula is C37H36Cl2N6O4. The number of pyridine rings is 2. The molecule has 0 unspecified atom stereocenters. The summed E-state index contributed by atoms with van der Waals surface area (Å²) in [6.07, 6.45) is 6.02. The minimum atomic E-state index is -0.115. The third-order valence-electron chi connectivity index (χ3n) is 9.06. The number of ether oxygens (including phenoxy) is 2. The smallest absolute Gasteiger partial charge is 0.262 e. The highest BCUT2D eigenvalue weighted by atomic mass is 35.5. The molecule has 2 fully saturated rings. The Hall–Kier alpha value is -4.32. The number of nitrogens with zero attached hydrogens (tertiary/aromatic N) is 3. The van der Waals surface area contributed by atoms with Gasteiger partial charge in [0.1, 0.15) is 5.65 Å². The van der Waals surface area contributed by atoms with Gasteiger partial charge in [-0.05, 0) is 36.6 Å². The van der Waals surface area contributed by atoms with Crippen LogP contribution in [0.3, 0.4) is 0 Å². The second-order valence-electron chi connectivity index (χ2n) is 12.3. The van der Waals surface area contributed by atoms with Crippen LogP contribution in [-0.2, 0) is 22.6 Å². The van der Waals surface area contributed by atoms with Gasteiger partial charge >= 0.3 is 0 Å². The summed E-state index contributed by atoms with van der Waals surface area (Å²) < 4.78 is 12.6. The zero-order valence-electron chi connectivity index (χ0n) is 27.0. The van der Waals surface area contributed by atoms with Gasteiger partial charge in [-0.3, -0.25) is 14.0 Å². The van der Waals surface area contributed by atoms with Crippen molar-refractivity contribution in [3.05, 3.63) is 105 Å². The molecule has 252 valence electrons. The molecule has 2 aliphatic heterocycles. The lowest BCUT2D eigenvalue weighted by molar-refractivity contribution is -0.119. The zero-order chi connectivity index (χ0) is 33.9. The third kappa shape index (κ3) is 7.06. The van der Waals surface area contributed by atoms with Crippen molar-refractivity contribution in [3.63, 3.8) is 0 Å². The predicted octanol–water partition coefficient (Wildman–Crippen LogP) is 5.65. The van der Waals surface area contributed by atoms with E-state index in [1.165, 1.54) is 0 Å². The molecule has 7 rings (SSSR count). The van der Waals surface area contributed by atoms with E-state index in [-0.39, 0.29) is 23.6 Å². The molecule has 3 N–H and O–H groups in total. The lowest BCUT2D eigenvalue weighted by Crippen LogP contribution is -2.37. The van der Waals surface area contributed by atoms with E-state index in [1.807, 2.05) is 60.7 Å². The van der Waals surface area contributed by atoms with Crippen LogP contribution in [0.1, 0.15) is 30.4 Å². The molecule has 1 amide bonds. The maximum atomic E-state index is 13.2. The number of carbonyl (C=O) groups excluding carboxylic acids is 1. The molecule has 5 aromatic rings. The molecule has 2 aliphatic rings. The number of fused-ring (bicyclic) bond motifs is 1. The van der Waals surface area contributed by atoms with Gasteiger partial charge in [-0.25, -0.2) is 9.97 Å². The summed E-state index contributed by atoms with van der Waals surface area (Å²) in [7, 11) is 1.60. The quantitative estimate of drug-likeness (QED) is 0.153. The number of halogens is 2. The fraction of sp³-hybridized carbons (Fsp3) is 0.297. The molecule has 12 heteroatoms. The van der Waals surface area contributed by atoms with Crippen molar-refractivity contribution in [1.29, 1.82) is 0 Å². The van der Waals surface area contributed by atoms with Gasteiger partial charge in [-0.15, -0.1) is 0 Å². The Balaban J connectivity index is 1.12. The average Bonchev–Trinajstić information content (AvgIpc) is 3.51. The van der Waals surface area contributed by atoms with Crippen molar-refractivity contribution in [1.82, 2.24) is 30.3 Å². The summed E-state index contributed by atoms with van der Waals surface area (Å²) in [5.41, 5.74) is 6.45. The van der Waals surface area contributed by atoms with E-state index in [0.717, 1.165) is 52.8 Å². The van der Waals surface area contributed by atoms with E-state index in [0.29, 0.717) is 65.4 Å². The van der Waals surface area contributed by atoms with Gasteiger partial charge in [0, 0.05) is 91.0 Å². The van der Waals surface area contributed by atoms with Crippen LogP contribution < -0.4 is 26.2 Å². The molecule has 0 aliphatic carbocycles. The summed E-state index contributed by atoms with van der Waals surface area (Å²) in [6.45, 7) is 3.16. The van der Waals surface area contributed by atoms with E-state index < -0.39 is 0 Å². The number of nitrogens with one attached hydrogen (secondary N) is 3.